The lowest BCUT2D eigenvalue weighted by Crippen LogP contribution is -2.31. The molecule has 1 saturated carbocycles. The van der Waals surface area contributed by atoms with Gasteiger partial charge in [0, 0.05) is 17.3 Å². The Hall–Kier alpha value is -1.84. The summed E-state index contributed by atoms with van der Waals surface area (Å²) >= 11 is 0. The van der Waals surface area contributed by atoms with Crippen molar-refractivity contribution in [2.75, 3.05) is 6.54 Å². The molecule has 0 aromatic carbocycles. The zero-order valence-corrected chi connectivity index (χ0v) is 10.2. The van der Waals surface area contributed by atoms with Crippen molar-refractivity contribution < 1.29 is 0 Å². The summed E-state index contributed by atoms with van der Waals surface area (Å²) in [5.41, 5.74) is 3.11. The van der Waals surface area contributed by atoms with Gasteiger partial charge in [0.15, 0.2) is 0 Å². The monoisotopic (exact) mass is 230 g/mol. The molecule has 0 spiro atoms. The second-order valence-corrected chi connectivity index (χ2v) is 4.39. The Bertz CT molecular complexity index is 427. The maximum Gasteiger partial charge on any atom is 0.0764 e. The Morgan fingerprint density at radius 2 is 2.41 bits per heavy atom. The lowest BCUT2D eigenvalue weighted by Gasteiger charge is -2.28. The highest BCUT2D eigenvalue weighted by Gasteiger charge is 2.27. The average Bonchev–Trinajstić information content (AvgIpc) is 3.07. The molecular weight excluding hydrogens is 212 g/mol. The Labute approximate surface area is 102 Å². The van der Waals surface area contributed by atoms with E-state index < -0.39 is 0 Å². The van der Waals surface area contributed by atoms with Crippen molar-refractivity contribution in [1.82, 2.24) is 10.3 Å². The fourth-order valence-corrected chi connectivity index (χ4v) is 1.70. The molecule has 1 aliphatic heterocycles. The number of hydrogen-bond acceptors (Lipinski definition) is 4. The normalized spacial score (nSPS) is 19.6. The van der Waals surface area contributed by atoms with Gasteiger partial charge < -0.3 is 10.7 Å². The first-order valence-corrected chi connectivity index (χ1v) is 5.81. The van der Waals surface area contributed by atoms with E-state index in [0.29, 0.717) is 18.3 Å². The number of nitrogens with zero attached hydrogens (tertiary/aromatic N) is 2. The molecule has 17 heavy (non-hydrogen) atoms. The molecule has 1 fully saturated rings. The van der Waals surface area contributed by atoms with Crippen LogP contribution in [0.1, 0.15) is 19.8 Å². The quantitative estimate of drug-likeness (QED) is 0.561. The predicted molar refractivity (Wildman–Crippen MR) is 71.1 cm³/mol. The minimum Gasteiger partial charge on any atom is -0.380 e. The lowest BCUT2D eigenvalue weighted by atomic mass is 10.1. The predicted octanol–water partition coefficient (Wildman–Crippen LogP) is 2.03. The molecule has 0 atom stereocenters. The second-order valence-electron chi connectivity index (χ2n) is 4.39. The van der Waals surface area contributed by atoms with Crippen LogP contribution in [-0.4, -0.2) is 29.5 Å². The fraction of sp³-hybridized carbons (Fsp3) is 0.385. The van der Waals surface area contributed by atoms with E-state index in [1.54, 1.807) is 24.2 Å². The number of hydrazone groups is 1. The molecule has 0 saturated heterocycles. The molecule has 4 nitrogen and oxygen atoms in total. The van der Waals surface area contributed by atoms with Crippen molar-refractivity contribution in [3.05, 3.63) is 36.2 Å². The SMILES string of the molecule is C=CCN1N=CC(C(C)=N)=C(NC2CC2)C1=C. The van der Waals surface area contributed by atoms with Gasteiger partial charge in [-0.1, -0.05) is 12.7 Å². The standard InChI is InChI=1S/C13H18N4/c1-4-7-17-10(3)13(16-11-5-6-11)12(8-15-17)9(2)14/h4,8,11,14,16H,1,3,5-7H2,2H3. The summed E-state index contributed by atoms with van der Waals surface area (Å²) in [5.74, 6) is 0. The third kappa shape index (κ3) is 2.46. The van der Waals surface area contributed by atoms with Crippen LogP contribution in [0.25, 0.3) is 0 Å². The smallest absolute Gasteiger partial charge is 0.0764 e. The molecule has 2 N–H and O–H groups in total. The number of rotatable bonds is 5. The second kappa shape index (κ2) is 4.57. The van der Waals surface area contributed by atoms with Crippen LogP contribution in [0.5, 0.6) is 0 Å². The molecule has 1 aliphatic carbocycles. The van der Waals surface area contributed by atoms with Gasteiger partial charge in [0.25, 0.3) is 0 Å². The Morgan fingerprint density at radius 1 is 1.71 bits per heavy atom. The van der Waals surface area contributed by atoms with Crippen LogP contribution >= 0.6 is 0 Å². The van der Waals surface area contributed by atoms with Gasteiger partial charge in [-0.05, 0) is 19.8 Å². The van der Waals surface area contributed by atoms with Gasteiger partial charge >= 0.3 is 0 Å². The molecule has 0 amide bonds. The molecule has 1 heterocycles. The molecule has 0 aromatic heterocycles. The summed E-state index contributed by atoms with van der Waals surface area (Å²) < 4.78 is 0. The van der Waals surface area contributed by atoms with Gasteiger partial charge in [0.1, 0.15) is 0 Å². The van der Waals surface area contributed by atoms with Gasteiger partial charge in [0.2, 0.25) is 0 Å². The Morgan fingerprint density at radius 3 is 2.94 bits per heavy atom. The van der Waals surface area contributed by atoms with Crippen LogP contribution < -0.4 is 5.32 Å². The Kier molecular flexibility index (Phi) is 3.13. The highest BCUT2D eigenvalue weighted by Crippen LogP contribution is 2.26. The Balaban J connectivity index is 2.26. The molecule has 0 radical (unpaired) electrons. The van der Waals surface area contributed by atoms with Crippen LogP contribution in [0.4, 0.5) is 0 Å². The average molecular weight is 230 g/mol. The van der Waals surface area contributed by atoms with Gasteiger partial charge in [-0.15, -0.1) is 6.58 Å². The maximum atomic E-state index is 7.77. The minimum absolute atomic E-state index is 0.510. The molecule has 0 unspecified atom stereocenters. The molecule has 2 rings (SSSR count). The van der Waals surface area contributed by atoms with Crippen LogP contribution in [0.2, 0.25) is 0 Å². The highest BCUT2D eigenvalue weighted by atomic mass is 15.5. The minimum atomic E-state index is 0.510. The summed E-state index contributed by atoms with van der Waals surface area (Å²) in [6.07, 6.45) is 5.91. The van der Waals surface area contributed by atoms with Crippen LogP contribution in [0, 0.1) is 5.41 Å². The largest absolute Gasteiger partial charge is 0.380 e. The number of hydrogen-bond donors (Lipinski definition) is 2. The van der Waals surface area contributed by atoms with Crippen molar-refractivity contribution in [3.63, 3.8) is 0 Å². The highest BCUT2D eigenvalue weighted by molar-refractivity contribution is 6.15. The molecule has 2 aliphatic rings. The molecule has 4 heteroatoms. The van der Waals surface area contributed by atoms with Crippen molar-refractivity contribution in [2.24, 2.45) is 5.10 Å². The summed E-state index contributed by atoms with van der Waals surface area (Å²) in [5, 5.41) is 17.3. The summed E-state index contributed by atoms with van der Waals surface area (Å²) in [7, 11) is 0. The topological polar surface area (TPSA) is 51.5 Å². The van der Waals surface area contributed by atoms with E-state index in [4.69, 9.17) is 5.41 Å². The lowest BCUT2D eigenvalue weighted by molar-refractivity contribution is 0.404. The summed E-state index contributed by atoms with van der Waals surface area (Å²) in [4.78, 5) is 0. The van der Waals surface area contributed by atoms with Crippen molar-refractivity contribution >= 4 is 11.9 Å². The van der Waals surface area contributed by atoms with E-state index in [-0.39, 0.29) is 0 Å². The molecule has 90 valence electrons. The third-order valence-corrected chi connectivity index (χ3v) is 2.83. The first kappa shape index (κ1) is 11.6. The van der Waals surface area contributed by atoms with E-state index in [0.717, 1.165) is 17.0 Å². The molecule has 0 bridgehead atoms. The van der Waals surface area contributed by atoms with E-state index in [2.05, 4.69) is 23.6 Å². The molecule has 0 aromatic rings. The summed E-state index contributed by atoms with van der Waals surface area (Å²) in [6.45, 7) is 10.2. The van der Waals surface area contributed by atoms with Crippen LogP contribution in [-0.2, 0) is 0 Å². The maximum absolute atomic E-state index is 7.77. The first-order chi connectivity index (χ1) is 8.13. The van der Waals surface area contributed by atoms with Crippen molar-refractivity contribution in [2.45, 2.75) is 25.8 Å². The number of nitrogens with one attached hydrogen (secondary N) is 2. The van der Waals surface area contributed by atoms with E-state index in [9.17, 15) is 0 Å². The molecular formula is C13H18N4. The zero-order chi connectivity index (χ0) is 12.4. The first-order valence-electron chi connectivity index (χ1n) is 5.81. The van der Waals surface area contributed by atoms with Gasteiger partial charge in [-0.25, -0.2) is 0 Å². The third-order valence-electron chi connectivity index (χ3n) is 2.83. The van der Waals surface area contributed by atoms with Gasteiger partial charge in [0.05, 0.1) is 24.2 Å². The van der Waals surface area contributed by atoms with E-state index >= 15 is 0 Å². The van der Waals surface area contributed by atoms with Crippen LogP contribution in [0.3, 0.4) is 0 Å². The van der Waals surface area contributed by atoms with E-state index in [1.165, 1.54) is 12.8 Å². The summed E-state index contributed by atoms with van der Waals surface area (Å²) in [6, 6.07) is 0.535. The van der Waals surface area contributed by atoms with Crippen molar-refractivity contribution in [1.29, 1.82) is 5.41 Å². The van der Waals surface area contributed by atoms with Crippen LogP contribution in [0.15, 0.2) is 41.3 Å². The van der Waals surface area contributed by atoms with E-state index in [1.807, 2.05) is 0 Å². The van der Waals surface area contributed by atoms with Gasteiger partial charge in [-0.2, -0.15) is 5.10 Å². The number of allylic oxidation sites excluding steroid dienone is 1. The zero-order valence-electron chi connectivity index (χ0n) is 10.2. The fourth-order valence-electron chi connectivity index (χ4n) is 1.70. The van der Waals surface area contributed by atoms with Crippen molar-refractivity contribution in [3.8, 4) is 0 Å². The van der Waals surface area contributed by atoms with Gasteiger partial charge in [-0.3, -0.25) is 5.01 Å².